The number of likely N-dealkylation sites (tertiary alicyclic amines) is 1. The zero-order valence-corrected chi connectivity index (χ0v) is 14.3. The largest absolute Gasteiger partial charge is 0.381 e. The third-order valence-corrected chi connectivity index (χ3v) is 4.95. The lowest BCUT2D eigenvalue weighted by atomic mass is 9.88. The van der Waals surface area contributed by atoms with Crippen molar-refractivity contribution in [1.29, 1.82) is 0 Å². The summed E-state index contributed by atoms with van der Waals surface area (Å²) in [4.78, 5) is 2.51. The topological polar surface area (TPSA) is 38.5 Å². The highest BCUT2D eigenvalue weighted by Crippen LogP contribution is 2.26. The smallest absolute Gasteiger partial charge is 0.138 e. The van der Waals surface area contributed by atoms with Crippen LogP contribution in [0.3, 0.4) is 0 Å². The van der Waals surface area contributed by atoms with Crippen LogP contribution in [0.1, 0.15) is 29.0 Å². The fourth-order valence-corrected chi connectivity index (χ4v) is 3.60. The molecule has 0 unspecified atom stereocenters. The summed E-state index contributed by atoms with van der Waals surface area (Å²) in [7, 11) is 1.84. The number of ether oxygens (including phenoxy) is 1. The predicted molar refractivity (Wildman–Crippen MR) is 90.3 cm³/mol. The van der Waals surface area contributed by atoms with Crippen LogP contribution < -0.4 is 0 Å². The highest BCUT2D eigenvalue weighted by molar-refractivity contribution is 5.21. The van der Waals surface area contributed by atoms with Crippen molar-refractivity contribution >= 4 is 0 Å². The van der Waals surface area contributed by atoms with Crippen molar-refractivity contribution in [2.45, 2.75) is 39.3 Å². The number of piperidine rings is 1. The van der Waals surface area contributed by atoms with Gasteiger partial charge in [-0.1, -0.05) is 35.5 Å². The molecule has 2 aromatic rings. The van der Waals surface area contributed by atoms with E-state index < -0.39 is 0 Å². The molecule has 124 valence electrons. The van der Waals surface area contributed by atoms with Gasteiger partial charge >= 0.3 is 0 Å². The van der Waals surface area contributed by atoms with Gasteiger partial charge in [0.15, 0.2) is 0 Å². The van der Waals surface area contributed by atoms with Crippen LogP contribution >= 0.6 is 0 Å². The molecule has 1 aliphatic heterocycles. The normalized spacial score (nSPS) is 22.4. The number of aromatic nitrogens is 1. The van der Waals surface area contributed by atoms with Gasteiger partial charge in [0.2, 0.25) is 0 Å². The van der Waals surface area contributed by atoms with Gasteiger partial charge in [0.1, 0.15) is 5.76 Å². The standard InChI is InChI=1S/C19H26N2O2/c1-14-18(15(2)23-20-14)13-21-10-9-19(22-3)17(12-21)11-16-7-5-4-6-8-16/h4-8,17,19H,9-13H2,1-3H3/t17-,19-/m1/s1. The average molecular weight is 314 g/mol. The number of hydrogen-bond acceptors (Lipinski definition) is 4. The van der Waals surface area contributed by atoms with Crippen LogP contribution in [0.25, 0.3) is 0 Å². The second-order valence-corrected chi connectivity index (χ2v) is 6.55. The molecule has 23 heavy (non-hydrogen) atoms. The molecule has 3 rings (SSSR count). The van der Waals surface area contributed by atoms with Gasteiger partial charge in [0.25, 0.3) is 0 Å². The molecule has 0 radical (unpaired) electrons. The van der Waals surface area contributed by atoms with Crippen molar-refractivity contribution in [2.75, 3.05) is 20.2 Å². The summed E-state index contributed by atoms with van der Waals surface area (Å²) in [6, 6.07) is 10.7. The molecule has 1 fully saturated rings. The van der Waals surface area contributed by atoms with Crippen molar-refractivity contribution < 1.29 is 9.26 Å². The van der Waals surface area contributed by atoms with Gasteiger partial charge in [-0.05, 0) is 32.3 Å². The Kier molecular flexibility index (Phi) is 5.13. The first kappa shape index (κ1) is 16.2. The van der Waals surface area contributed by atoms with Gasteiger partial charge < -0.3 is 9.26 Å². The Balaban J connectivity index is 1.68. The Morgan fingerprint density at radius 1 is 1.26 bits per heavy atom. The molecule has 1 aromatic heterocycles. The van der Waals surface area contributed by atoms with E-state index in [9.17, 15) is 0 Å². The number of rotatable bonds is 5. The Morgan fingerprint density at radius 2 is 2.04 bits per heavy atom. The van der Waals surface area contributed by atoms with E-state index in [0.29, 0.717) is 12.0 Å². The van der Waals surface area contributed by atoms with Gasteiger partial charge in [-0.25, -0.2) is 0 Å². The third kappa shape index (κ3) is 3.82. The zero-order chi connectivity index (χ0) is 16.2. The van der Waals surface area contributed by atoms with Gasteiger partial charge in [-0.3, -0.25) is 4.90 Å². The zero-order valence-electron chi connectivity index (χ0n) is 14.3. The Labute approximate surface area is 138 Å². The summed E-state index contributed by atoms with van der Waals surface area (Å²) in [5.41, 5.74) is 3.63. The summed E-state index contributed by atoms with van der Waals surface area (Å²) in [6.07, 6.45) is 2.49. The van der Waals surface area contributed by atoms with E-state index in [1.807, 2.05) is 21.0 Å². The molecule has 0 N–H and O–H groups in total. The summed E-state index contributed by atoms with van der Waals surface area (Å²) in [5.74, 6) is 1.47. The van der Waals surface area contributed by atoms with Crippen LogP contribution in [0.5, 0.6) is 0 Å². The highest BCUT2D eigenvalue weighted by atomic mass is 16.5. The van der Waals surface area contributed by atoms with Crippen LogP contribution in [0.15, 0.2) is 34.9 Å². The van der Waals surface area contributed by atoms with Crippen molar-refractivity contribution in [1.82, 2.24) is 10.1 Å². The van der Waals surface area contributed by atoms with E-state index in [-0.39, 0.29) is 0 Å². The quantitative estimate of drug-likeness (QED) is 0.848. The Hall–Kier alpha value is -1.65. The monoisotopic (exact) mass is 314 g/mol. The maximum Gasteiger partial charge on any atom is 0.138 e. The summed E-state index contributed by atoms with van der Waals surface area (Å²) in [5, 5.41) is 4.07. The van der Waals surface area contributed by atoms with Crippen LogP contribution in [-0.2, 0) is 17.7 Å². The summed E-state index contributed by atoms with van der Waals surface area (Å²) >= 11 is 0. The number of hydrogen-bond donors (Lipinski definition) is 0. The molecule has 1 saturated heterocycles. The molecule has 2 heterocycles. The average Bonchev–Trinajstić information content (AvgIpc) is 2.88. The first-order chi connectivity index (χ1) is 11.2. The lowest BCUT2D eigenvalue weighted by Gasteiger charge is -2.38. The molecule has 0 aliphatic carbocycles. The fraction of sp³-hybridized carbons (Fsp3) is 0.526. The molecule has 4 heteroatoms. The second kappa shape index (κ2) is 7.28. The van der Waals surface area contributed by atoms with Gasteiger partial charge in [-0.2, -0.15) is 0 Å². The van der Waals surface area contributed by atoms with Crippen LogP contribution in [0.2, 0.25) is 0 Å². The minimum Gasteiger partial charge on any atom is -0.381 e. The van der Waals surface area contributed by atoms with Crippen molar-refractivity contribution in [3.05, 3.63) is 52.9 Å². The van der Waals surface area contributed by atoms with Crippen LogP contribution in [0, 0.1) is 19.8 Å². The number of methoxy groups -OCH3 is 1. The minimum atomic E-state index is 0.344. The summed E-state index contributed by atoms with van der Waals surface area (Å²) in [6.45, 7) is 7.06. The maximum absolute atomic E-state index is 5.75. The third-order valence-electron chi connectivity index (χ3n) is 4.95. The minimum absolute atomic E-state index is 0.344. The summed E-state index contributed by atoms with van der Waals surface area (Å²) < 4.78 is 11.0. The van der Waals surface area contributed by atoms with Crippen LogP contribution in [-0.4, -0.2) is 36.4 Å². The molecule has 0 spiro atoms. The Bertz CT molecular complexity index is 604. The lowest BCUT2D eigenvalue weighted by Crippen LogP contribution is -2.44. The molecular weight excluding hydrogens is 288 g/mol. The second-order valence-electron chi connectivity index (χ2n) is 6.55. The number of benzene rings is 1. The van der Waals surface area contributed by atoms with Crippen molar-refractivity contribution in [3.8, 4) is 0 Å². The maximum atomic E-state index is 5.75. The number of nitrogens with zero attached hydrogens (tertiary/aromatic N) is 2. The first-order valence-electron chi connectivity index (χ1n) is 8.38. The fourth-order valence-electron chi connectivity index (χ4n) is 3.60. The molecule has 0 saturated carbocycles. The van der Waals surface area contributed by atoms with E-state index in [2.05, 4.69) is 40.4 Å². The molecular formula is C19H26N2O2. The first-order valence-corrected chi connectivity index (χ1v) is 8.38. The van der Waals surface area contributed by atoms with E-state index in [4.69, 9.17) is 9.26 Å². The van der Waals surface area contributed by atoms with E-state index >= 15 is 0 Å². The molecule has 0 amide bonds. The van der Waals surface area contributed by atoms with E-state index in [1.54, 1.807) is 0 Å². The molecule has 4 nitrogen and oxygen atoms in total. The van der Waals surface area contributed by atoms with Gasteiger partial charge in [0, 0.05) is 38.2 Å². The SMILES string of the molecule is CO[C@@H]1CCN(Cc2c(C)noc2C)C[C@H]1Cc1ccccc1. The predicted octanol–water partition coefficient (Wildman–Crippen LogP) is 3.37. The molecule has 2 atom stereocenters. The van der Waals surface area contributed by atoms with Crippen molar-refractivity contribution in [3.63, 3.8) is 0 Å². The molecule has 1 aliphatic rings. The van der Waals surface area contributed by atoms with E-state index in [1.165, 1.54) is 11.1 Å². The van der Waals surface area contributed by atoms with Crippen LogP contribution in [0.4, 0.5) is 0 Å². The molecule has 0 bridgehead atoms. The van der Waals surface area contributed by atoms with Crippen molar-refractivity contribution in [2.24, 2.45) is 5.92 Å². The molecule has 1 aromatic carbocycles. The highest BCUT2D eigenvalue weighted by Gasteiger charge is 2.30. The van der Waals surface area contributed by atoms with Gasteiger partial charge in [0.05, 0.1) is 11.8 Å². The number of aryl methyl sites for hydroxylation is 2. The lowest BCUT2D eigenvalue weighted by molar-refractivity contribution is -0.00860. The Morgan fingerprint density at radius 3 is 2.70 bits per heavy atom. The van der Waals surface area contributed by atoms with E-state index in [0.717, 1.165) is 43.9 Å². The van der Waals surface area contributed by atoms with Gasteiger partial charge in [-0.15, -0.1) is 0 Å².